The van der Waals surface area contributed by atoms with Crippen LogP contribution in [0.1, 0.15) is 47.4 Å². The Balaban J connectivity index is 1.69. The monoisotopic (exact) mass is 443 g/mol. The lowest BCUT2D eigenvalue weighted by Gasteiger charge is -2.36. The van der Waals surface area contributed by atoms with Crippen molar-refractivity contribution >= 4 is 17.7 Å². The van der Waals surface area contributed by atoms with E-state index in [1.165, 1.54) is 42.5 Å². The van der Waals surface area contributed by atoms with Gasteiger partial charge >= 0.3 is 0 Å². The highest BCUT2D eigenvalue weighted by Crippen LogP contribution is 2.23. The van der Waals surface area contributed by atoms with Crippen molar-refractivity contribution in [1.29, 1.82) is 0 Å². The molecule has 0 spiro atoms. The number of hydrogen-bond donors (Lipinski definition) is 2. The van der Waals surface area contributed by atoms with Crippen LogP contribution in [0.5, 0.6) is 0 Å². The summed E-state index contributed by atoms with van der Waals surface area (Å²) >= 11 is 0. The highest BCUT2D eigenvalue weighted by molar-refractivity contribution is 5.97. The van der Waals surface area contributed by atoms with E-state index in [9.17, 15) is 23.2 Å². The van der Waals surface area contributed by atoms with Crippen molar-refractivity contribution in [3.05, 3.63) is 71.3 Å². The van der Waals surface area contributed by atoms with Crippen LogP contribution >= 0.6 is 0 Å². The minimum Gasteiger partial charge on any atom is -0.352 e. The van der Waals surface area contributed by atoms with Crippen LogP contribution in [-0.2, 0) is 4.79 Å². The third kappa shape index (κ3) is 5.90. The lowest BCUT2D eigenvalue weighted by atomic mass is 9.88. The second kappa shape index (κ2) is 10.3. The van der Waals surface area contributed by atoms with Gasteiger partial charge in [-0.15, -0.1) is 0 Å². The number of amides is 3. The van der Waals surface area contributed by atoms with Crippen molar-refractivity contribution in [1.82, 2.24) is 15.5 Å². The maximum absolute atomic E-state index is 13.5. The molecule has 0 bridgehead atoms. The molecule has 2 aromatic rings. The van der Waals surface area contributed by atoms with E-state index in [-0.39, 0.29) is 34.9 Å². The summed E-state index contributed by atoms with van der Waals surface area (Å²) in [6.45, 7) is 4.43. The van der Waals surface area contributed by atoms with Gasteiger partial charge in [-0.25, -0.2) is 8.78 Å². The summed E-state index contributed by atoms with van der Waals surface area (Å²) in [6.07, 6.45) is 1.00. The van der Waals surface area contributed by atoms with E-state index in [1.54, 1.807) is 11.0 Å². The molecule has 32 heavy (non-hydrogen) atoms. The molecule has 1 fully saturated rings. The summed E-state index contributed by atoms with van der Waals surface area (Å²) in [6, 6.07) is 9.75. The zero-order valence-corrected chi connectivity index (χ0v) is 18.1. The van der Waals surface area contributed by atoms with E-state index < -0.39 is 23.6 Å². The second-order valence-electron chi connectivity index (χ2n) is 8.26. The van der Waals surface area contributed by atoms with Gasteiger partial charge in [0, 0.05) is 30.3 Å². The van der Waals surface area contributed by atoms with Gasteiger partial charge in [-0.3, -0.25) is 14.4 Å². The lowest BCUT2D eigenvalue weighted by molar-refractivity contribution is -0.125. The Morgan fingerprint density at radius 3 is 2.16 bits per heavy atom. The van der Waals surface area contributed by atoms with Crippen molar-refractivity contribution in [2.45, 2.75) is 38.8 Å². The Morgan fingerprint density at radius 2 is 1.56 bits per heavy atom. The maximum atomic E-state index is 13.5. The fourth-order valence-electron chi connectivity index (χ4n) is 3.84. The van der Waals surface area contributed by atoms with Crippen LogP contribution in [0.4, 0.5) is 8.78 Å². The van der Waals surface area contributed by atoms with Crippen LogP contribution in [0.15, 0.2) is 48.5 Å². The molecule has 0 aliphatic carbocycles. The molecule has 0 aromatic heterocycles. The number of carbonyl (C=O) groups excluding carboxylic acids is 3. The van der Waals surface area contributed by atoms with Crippen molar-refractivity contribution in [2.75, 3.05) is 13.1 Å². The van der Waals surface area contributed by atoms with Crippen molar-refractivity contribution in [3.8, 4) is 0 Å². The average molecular weight is 443 g/mol. The Kier molecular flexibility index (Phi) is 7.56. The molecular formula is C24H27F2N3O3. The largest absolute Gasteiger partial charge is 0.352 e. The van der Waals surface area contributed by atoms with E-state index in [0.717, 1.165) is 0 Å². The topological polar surface area (TPSA) is 78.5 Å². The van der Waals surface area contributed by atoms with E-state index in [1.807, 2.05) is 13.8 Å². The molecule has 3 amide bonds. The van der Waals surface area contributed by atoms with E-state index in [2.05, 4.69) is 10.6 Å². The number of likely N-dealkylation sites (tertiary alicyclic amines) is 1. The minimum atomic E-state index is -0.790. The molecule has 2 aromatic carbocycles. The zero-order valence-electron chi connectivity index (χ0n) is 18.1. The third-order valence-electron chi connectivity index (χ3n) is 5.48. The summed E-state index contributed by atoms with van der Waals surface area (Å²) in [5.74, 6) is -2.14. The van der Waals surface area contributed by atoms with Crippen LogP contribution < -0.4 is 10.6 Å². The number of piperidine rings is 1. The summed E-state index contributed by atoms with van der Waals surface area (Å²) < 4.78 is 26.6. The summed E-state index contributed by atoms with van der Waals surface area (Å²) in [7, 11) is 0. The molecule has 6 nitrogen and oxygen atoms in total. The molecule has 1 heterocycles. The van der Waals surface area contributed by atoms with E-state index >= 15 is 0 Å². The van der Waals surface area contributed by atoms with Crippen LogP contribution in [0, 0.1) is 17.6 Å². The molecule has 1 saturated heterocycles. The van der Waals surface area contributed by atoms with Crippen LogP contribution in [0.2, 0.25) is 0 Å². The van der Waals surface area contributed by atoms with Gasteiger partial charge in [-0.05, 0) is 75.1 Å². The Bertz CT molecular complexity index is 971. The predicted molar refractivity (Wildman–Crippen MR) is 116 cm³/mol. The van der Waals surface area contributed by atoms with Gasteiger partial charge in [0.25, 0.3) is 11.8 Å². The first-order valence-corrected chi connectivity index (χ1v) is 10.7. The van der Waals surface area contributed by atoms with Gasteiger partial charge in [0.1, 0.15) is 17.7 Å². The quantitative estimate of drug-likeness (QED) is 0.720. The van der Waals surface area contributed by atoms with Crippen molar-refractivity contribution in [2.24, 2.45) is 5.92 Å². The molecule has 2 N–H and O–H groups in total. The molecule has 1 atom stereocenters. The SMILES string of the molecule is CC(C)NC(=O)C(NC(=O)c1ccc(F)cc1)C1CCN(C(=O)c2cccc(F)c2)CC1. The van der Waals surface area contributed by atoms with E-state index in [4.69, 9.17) is 0 Å². The van der Waals surface area contributed by atoms with Gasteiger partial charge in [-0.2, -0.15) is 0 Å². The smallest absolute Gasteiger partial charge is 0.253 e. The molecule has 0 radical (unpaired) electrons. The van der Waals surface area contributed by atoms with Gasteiger partial charge in [0.05, 0.1) is 0 Å². The standard InChI is InChI=1S/C24H27F2N3O3/c1-15(2)27-23(31)21(28-22(30)17-6-8-19(25)9-7-17)16-10-12-29(13-11-16)24(32)18-4-3-5-20(26)14-18/h3-9,14-16,21H,10-13H2,1-2H3,(H,27,31)(H,28,30). The number of carbonyl (C=O) groups is 3. The highest BCUT2D eigenvalue weighted by Gasteiger charge is 2.34. The highest BCUT2D eigenvalue weighted by atomic mass is 19.1. The number of nitrogens with zero attached hydrogens (tertiary/aromatic N) is 1. The Hall–Kier alpha value is -3.29. The first-order chi connectivity index (χ1) is 15.2. The van der Waals surface area contributed by atoms with Gasteiger partial charge in [0.15, 0.2) is 0 Å². The fraction of sp³-hybridized carbons (Fsp3) is 0.375. The van der Waals surface area contributed by atoms with Crippen LogP contribution in [0.25, 0.3) is 0 Å². The third-order valence-corrected chi connectivity index (χ3v) is 5.48. The average Bonchev–Trinajstić information content (AvgIpc) is 2.77. The van der Waals surface area contributed by atoms with Crippen molar-refractivity contribution in [3.63, 3.8) is 0 Å². The molecule has 1 aliphatic heterocycles. The Labute approximate surface area is 186 Å². The Morgan fingerprint density at radius 1 is 0.906 bits per heavy atom. The number of hydrogen-bond acceptors (Lipinski definition) is 3. The molecule has 170 valence electrons. The van der Waals surface area contributed by atoms with Gasteiger partial charge < -0.3 is 15.5 Å². The van der Waals surface area contributed by atoms with Crippen LogP contribution in [-0.4, -0.2) is 47.8 Å². The summed E-state index contributed by atoms with van der Waals surface area (Å²) in [5, 5.41) is 5.62. The molecule has 1 aliphatic rings. The number of rotatable bonds is 6. The number of nitrogens with one attached hydrogen (secondary N) is 2. The minimum absolute atomic E-state index is 0.109. The van der Waals surface area contributed by atoms with Gasteiger partial charge in [-0.1, -0.05) is 6.07 Å². The number of halogens is 2. The zero-order chi connectivity index (χ0) is 23.3. The van der Waals surface area contributed by atoms with Crippen molar-refractivity contribution < 1.29 is 23.2 Å². The first-order valence-electron chi connectivity index (χ1n) is 10.7. The van der Waals surface area contributed by atoms with Gasteiger partial charge in [0.2, 0.25) is 5.91 Å². The fourth-order valence-corrected chi connectivity index (χ4v) is 3.84. The summed E-state index contributed by atoms with van der Waals surface area (Å²) in [4.78, 5) is 39.8. The molecule has 1 unspecified atom stereocenters. The predicted octanol–water partition coefficient (Wildman–Crippen LogP) is 3.14. The lowest BCUT2D eigenvalue weighted by Crippen LogP contribution is -2.54. The molecule has 8 heteroatoms. The summed E-state index contributed by atoms with van der Waals surface area (Å²) in [5.41, 5.74) is 0.537. The molecule has 0 saturated carbocycles. The normalized spacial score (nSPS) is 15.3. The first kappa shape index (κ1) is 23.4. The maximum Gasteiger partial charge on any atom is 0.253 e. The van der Waals surface area contributed by atoms with E-state index in [0.29, 0.717) is 25.9 Å². The van der Waals surface area contributed by atoms with Crippen LogP contribution in [0.3, 0.4) is 0 Å². The molecular weight excluding hydrogens is 416 g/mol. The second-order valence-corrected chi connectivity index (χ2v) is 8.26. The number of benzene rings is 2. The molecule has 3 rings (SSSR count).